The zero-order valence-electron chi connectivity index (χ0n) is 12.5. The second-order valence-corrected chi connectivity index (χ2v) is 5.31. The van der Waals surface area contributed by atoms with E-state index in [-0.39, 0.29) is 12.3 Å². The molecule has 3 rings (SSSR count). The summed E-state index contributed by atoms with van der Waals surface area (Å²) in [5.74, 6) is 0. The van der Waals surface area contributed by atoms with Crippen LogP contribution < -0.4 is 5.06 Å². The number of aryl methyl sites for hydroxylation is 1. The lowest BCUT2D eigenvalue weighted by Gasteiger charge is -2.24. The third-order valence-electron chi connectivity index (χ3n) is 3.76. The molecule has 0 aromatic heterocycles. The van der Waals surface area contributed by atoms with Gasteiger partial charge in [0.2, 0.25) is 0 Å². The second-order valence-electron chi connectivity index (χ2n) is 5.31. The molecule has 0 spiro atoms. The van der Waals surface area contributed by atoms with Crippen molar-refractivity contribution in [3.63, 3.8) is 0 Å². The maximum Gasteiger partial charge on any atom is 0.186 e. The van der Waals surface area contributed by atoms with Crippen molar-refractivity contribution in [3.8, 4) is 0 Å². The van der Waals surface area contributed by atoms with Gasteiger partial charge in [0, 0.05) is 13.0 Å². The summed E-state index contributed by atoms with van der Waals surface area (Å²) in [5, 5.41) is 1.98. The minimum absolute atomic E-state index is 0.179. The van der Waals surface area contributed by atoms with E-state index < -0.39 is 0 Å². The molecular weight excluding hydrogens is 262 g/mol. The van der Waals surface area contributed by atoms with Gasteiger partial charge in [0.15, 0.2) is 6.29 Å². The van der Waals surface area contributed by atoms with Gasteiger partial charge in [-0.05, 0) is 31.5 Å². The number of nitrogens with zero attached hydrogens (tertiary/aromatic N) is 1. The van der Waals surface area contributed by atoms with Crippen LogP contribution >= 0.6 is 0 Å². The maximum absolute atomic E-state index is 6.00. The molecule has 0 N–H and O–H groups in total. The van der Waals surface area contributed by atoms with Crippen molar-refractivity contribution in [2.24, 2.45) is 0 Å². The van der Waals surface area contributed by atoms with E-state index >= 15 is 0 Å². The fourth-order valence-corrected chi connectivity index (χ4v) is 2.68. The maximum atomic E-state index is 6.00. The molecule has 3 heteroatoms. The molecule has 1 heterocycles. The van der Waals surface area contributed by atoms with Crippen LogP contribution in [0.2, 0.25) is 0 Å². The predicted molar refractivity (Wildman–Crippen MR) is 84.0 cm³/mol. The number of rotatable bonds is 4. The lowest BCUT2D eigenvalue weighted by atomic mass is 10.0. The lowest BCUT2D eigenvalue weighted by molar-refractivity contribution is -0.115. The van der Waals surface area contributed by atoms with E-state index in [4.69, 9.17) is 9.57 Å². The van der Waals surface area contributed by atoms with Crippen LogP contribution in [0.4, 0.5) is 5.69 Å². The van der Waals surface area contributed by atoms with Crippen LogP contribution in [-0.2, 0) is 9.57 Å². The van der Waals surface area contributed by atoms with Gasteiger partial charge in [-0.1, -0.05) is 48.0 Å². The average molecular weight is 283 g/mol. The SMILES string of the molecule is CCO[C@@H]1C[C@H](c2ccc(C)cc2)N(c2ccccc2)O1. The van der Waals surface area contributed by atoms with Crippen molar-refractivity contribution in [1.29, 1.82) is 0 Å². The van der Waals surface area contributed by atoms with Crippen molar-refractivity contribution in [1.82, 2.24) is 0 Å². The molecule has 0 radical (unpaired) electrons. The number of benzene rings is 2. The first-order valence-corrected chi connectivity index (χ1v) is 7.47. The Morgan fingerprint density at radius 1 is 1.10 bits per heavy atom. The average Bonchev–Trinajstić information content (AvgIpc) is 2.93. The van der Waals surface area contributed by atoms with Gasteiger partial charge in [-0.15, -0.1) is 0 Å². The van der Waals surface area contributed by atoms with Crippen LogP contribution in [0.15, 0.2) is 54.6 Å². The lowest BCUT2D eigenvalue weighted by Crippen LogP contribution is -2.22. The van der Waals surface area contributed by atoms with Crippen molar-refractivity contribution < 1.29 is 9.57 Å². The molecular formula is C18H21NO2. The van der Waals surface area contributed by atoms with Gasteiger partial charge in [-0.3, -0.25) is 0 Å². The summed E-state index contributed by atoms with van der Waals surface area (Å²) in [4.78, 5) is 6.00. The van der Waals surface area contributed by atoms with Gasteiger partial charge >= 0.3 is 0 Å². The molecule has 21 heavy (non-hydrogen) atoms. The Labute approximate surface area is 126 Å². The van der Waals surface area contributed by atoms with Crippen LogP contribution in [0.1, 0.15) is 30.5 Å². The first kappa shape index (κ1) is 14.1. The first-order valence-electron chi connectivity index (χ1n) is 7.47. The zero-order valence-corrected chi connectivity index (χ0v) is 12.5. The highest BCUT2D eigenvalue weighted by Crippen LogP contribution is 2.38. The zero-order chi connectivity index (χ0) is 14.7. The minimum atomic E-state index is -0.179. The summed E-state index contributed by atoms with van der Waals surface area (Å²) in [6.07, 6.45) is 0.660. The monoisotopic (exact) mass is 283 g/mol. The van der Waals surface area contributed by atoms with Crippen molar-refractivity contribution in [2.75, 3.05) is 11.7 Å². The Hall–Kier alpha value is -1.84. The molecule has 2 atom stereocenters. The van der Waals surface area contributed by atoms with E-state index in [1.807, 2.05) is 30.2 Å². The number of anilines is 1. The number of para-hydroxylation sites is 1. The van der Waals surface area contributed by atoms with Gasteiger partial charge in [-0.25, -0.2) is 9.90 Å². The van der Waals surface area contributed by atoms with Crippen molar-refractivity contribution >= 4 is 5.69 Å². The largest absolute Gasteiger partial charge is 0.350 e. The van der Waals surface area contributed by atoms with Gasteiger partial charge in [0.1, 0.15) is 0 Å². The quantitative estimate of drug-likeness (QED) is 0.837. The van der Waals surface area contributed by atoms with Crippen LogP contribution in [-0.4, -0.2) is 12.9 Å². The standard InChI is InChI=1S/C18H21NO2/c1-3-20-18-13-17(15-11-9-14(2)10-12-15)19(21-18)16-7-5-4-6-8-16/h4-12,17-18H,3,13H2,1-2H3/t17-,18+/m1/s1. The third kappa shape index (κ3) is 3.09. The molecule has 0 bridgehead atoms. The van der Waals surface area contributed by atoms with Crippen molar-refractivity contribution in [3.05, 3.63) is 65.7 Å². The van der Waals surface area contributed by atoms with Gasteiger partial charge in [0.05, 0.1) is 11.7 Å². The molecule has 0 amide bonds. The molecule has 1 fully saturated rings. The second kappa shape index (κ2) is 6.29. The summed E-state index contributed by atoms with van der Waals surface area (Å²) >= 11 is 0. The number of hydrogen-bond acceptors (Lipinski definition) is 3. The van der Waals surface area contributed by atoms with E-state index in [9.17, 15) is 0 Å². The third-order valence-corrected chi connectivity index (χ3v) is 3.76. The molecule has 1 aliphatic heterocycles. The molecule has 2 aromatic rings. The molecule has 3 nitrogen and oxygen atoms in total. The summed E-state index contributed by atoms with van der Waals surface area (Å²) in [5.41, 5.74) is 3.59. The molecule has 2 aromatic carbocycles. The van der Waals surface area contributed by atoms with Gasteiger partial charge < -0.3 is 4.74 Å². The van der Waals surface area contributed by atoms with Gasteiger partial charge in [-0.2, -0.15) is 0 Å². The highest BCUT2D eigenvalue weighted by Gasteiger charge is 2.35. The van der Waals surface area contributed by atoms with Crippen LogP contribution in [0, 0.1) is 6.92 Å². The van der Waals surface area contributed by atoms with E-state index in [1.54, 1.807) is 0 Å². The Morgan fingerprint density at radius 2 is 1.81 bits per heavy atom. The van der Waals surface area contributed by atoms with E-state index in [0.29, 0.717) is 6.61 Å². The highest BCUT2D eigenvalue weighted by molar-refractivity contribution is 5.47. The Kier molecular flexibility index (Phi) is 4.23. The van der Waals surface area contributed by atoms with Crippen molar-refractivity contribution in [2.45, 2.75) is 32.6 Å². The minimum Gasteiger partial charge on any atom is -0.350 e. The van der Waals surface area contributed by atoms with Crippen LogP contribution in [0.5, 0.6) is 0 Å². The predicted octanol–water partition coefficient (Wildman–Crippen LogP) is 4.24. The Balaban J connectivity index is 1.89. The fourth-order valence-electron chi connectivity index (χ4n) is 2.68. The first-order chi connectivity index (χ1) is 10.3. The normalized spacial score (nSPS) is 21.7. The molecule has 0 aliphatic carbocycles. The van der Waals surface area contributed by atoms with Crippen LogP contribution in [0.3, 0.4) is 0 Å². The number of ether oxygens (including phenoxy) is 1. The Bertz CT molecular complexity index is 568. The topological polar surface area (TPSA) is 21.7 Å². The molecule has 1 aliphatic rings. The van der Waals surface area contributed by atoms with E-state index in [2.05, 4.69) is 43.3 Å². The summed E-state index contributed by atoms with van der Waals surface area (Å²) in [6, 6.07) is 19.0. The van der Waals surface area contributed by atoms with Crippen LogP contribution in [0.25, 0.3) is 0 Å². The number of hydroxylamine groups is 1. The summed E-state index contributed by atoms with van der Waals surface area (Å²) in [6.45, 7) is 4.76. The molecule has 0 unspecified atom stereocenters. The molecule has 0 saturated carbocycles. The molecule has 110 valence electrons. The van der Waals surface area contributed by atoms with E-state index in [1.165, 1.54) is 11.1 Å². The summed E-state index contributed by atoms with van der Waals surface area (Å²) < 4.78 is 5.67. The Morgan fingerprint density at radius 3 is 2.48 bits per heavy atom. The molecule has 1 saturated heterocycles. The smallest absolute Gasteiger partial charge is 0.186 e. The van der Waals surface area contributed by atoms with E-state index in [0.717, 1.165) is 12.1 Å². The van der Waals surface area contributed by atoms with Gasteiger partial charge in [0.25, 0.3) is 0 Å². The summed E-state index contributed by atoms with van der Waals surface area (Å²) in [7, 11) is 0. The fraction of sp³-hybridized carbons (Fsp3) is 0.333. The number of hydrogen-bond donors (Lipinski definition) is 0. The highest BCUT2D eigenvalue weighted by atomic mass is 16.8.